The molecular weight excluding hydrogens is 274 g/mol. The number of aromatic nitrogens is 1. The van der Waals surface area contributed by atoms with E-state index in [0.717, 1.165) is 0 Å². The van der Waals surface area contributed by atoms with E-state index in [1.165, 1.54) is 14.2 Å². The van der Waals surface area contributed by atoms with Crippen LogP contribution in [0.3, 0.4) is 0 Å². The highest BCUT2D eigenvalue weighted by Gasteiger charge is 2.16. The first-order valence-electron chi connectivity index (χ1n) is 6.27. The lowest BCUT2D eigenvalue weighted by Crippen LogP contribution is -2.24. The van der Waals surface area contributed by atoms with Gasteiger partial charge in [-0.15, -0.1) is 0 Å². The van der Waals surface area contributed by atoms with Gasteiger partial charge in [0.15, 0.2) is 0 Å². The maximum Gasteiger partial charge on any atom is 0.253 e. The number of rotatable bonds is 5. The minimum atomic E-state index is -0.342. The molecule has 0 saturated heterocycles. The number of methoxy groups -OCH3 is 2. The molecule has 3 N–H and O–H groups in total. The Kier molecular flexibility index (Phi) is 4.32. The summed E-state index contributed by atoms with van der Waals surface area (Å²) in [6.45, 7) is 2.03. The first-order chi connectivity index (χ1) is 10.0. The second kappa shape index (κ2) is 6.17. The molecule has 2 aromatic rings. The smallest absolute Gasteiger partial charge is 0.253 e. The van der Waals surface area contributed by atoms with Gasteiger partial charge in [0, 0.05) is 12.1 Å². The Balaban J connectivity index is 2.18. The number of aryl methyl sites for hydroxylation is 1. The molecule has 0 spiro atoms. The second-order valence-corrected chi connectivity index (χ2v) is 4.40. The van der Waals surface area contributed by atoms with Gasteiger partial charge in [0.2, 0.25) is 0 Å². The lowest BCUT2D eigenvalue weighted by molar-refractivity contribution is 0.0950. The Morgan fingerprint density at radius 1 is 1.33 bits per heavy atom. The maximum atomic E-state index is 12.2. The molecule has 112 valence electrons. The fourth-order valence-electron chi connectivity index (χ4n) is 1.84. The zero-order valence-electron chi connectivity index (χ0n) is 12.1. The van der Waals surface area contributed by atoms with Crippen LogP contribution in [0.1, 0.15) is 21.8 Å². The lowest BCUT2D eigenvalue weighted by atomic mass is 10.1. The Morgan fingerprint density at radius 2 is 2.10 bits per heavy atom. The van der Waals surface area contributed by atoms with Gasteiger partial charge in [0.25, 0.3) is 5.91 Å². The van der Waals surface area contributed by atoms with E-state index in [1.807, 2.05) is 0 Å². The first-order valence-corrected chi connectivity index (χ1v) is 6.27. The summed E-state index contributed by atoms with van der Waals surface area (Å²) in [5.74, 6) is 1.22. The highest BCUT2D eigenvalue weighted by molar-refractivity contribution is 6.00. The molecule has 0 aliphatic heterocycles. The number of amides is 1. The van der Waals surface area contributed by atoms with Crippen LogP contribution in [0.4, 0.5) is 5.69 Å². The Hall–Kier alpha value is -2.70. The second-order valence-electron chi connectivity index (χ2n) is 4.40. The lowest BCUT2D eigenvalue weighted by Gasteiger charge is -2.12. The van der Waals surface area contributed by atoms with Crippen LogP contribution in [-0.4, -0.2) is 25.3 Å². The molecule has 1 amide bonds. The van der Waals surface area contributed by atoms with E-state index < -0.39 is 0 Å². The van der Waals surface area contributed by atoms with Crippen molar-refractivity contribution in [3.05, 3.63) is 35.2 Å². The van der Waals surface area contributed by atoms with Crippen molar-refractivity contribution in [2.24, 2.45) is 0 Å². The molecule has 0 aliphatic carbocycles. The Bertz CT molecular complexity index is 652. The standard InChI is InChI=1S/C14H17N3O4/c1-8-4-9(17-21-8)7-16-14(18)11-5-10(19-2)6-12(20-3)13(11)15/h4-6H,7,15H2,1-3H3,(H,16,18). The molecule has 2 rings (SSSR count). The third-order valence-corrected chi connectivity index (χ3v) is 2.92. The van der Waals surface area contributed by atoms with Crippen LogP contribution in [0.25, 0.3) is 0 Å². The molecule has 0 fully saturated rings. The van der Waals surface area contributed by atoms with Crippen molar-refractivity contribution in [2.75, 3.05) is 20.0 Å². The highest BCUT2D eigenvalue weighted by Crippen LogP contribution is 2.30. The molecule has 0 unspecified atom stereocenters. The summed E-state index contributed by atoms with van der Waals surface area (Å²) < 4.78 is 15.2. The molecule has 0 bridgehead atoms. The van der Waals surface area contributed by atoms with Crippen molar-refractivity contribution in [2.45, 2.75) is 13.5 Å². The third-order valence-electron chi connectivity index (χ3n) is 2.92. The minimum Gasteiger partial charge on any atom is -0.497 e. The van der Waals surface area contributed by atoms with Crippen molar-refractivity contribution in [1.82, 2.24) is 10.5 Å². The molecular formula is C14H17N3O4. The fraction of sp³-hybridized carbons (Fsp3) is 0.286. The van der Waals surface area contributed by atoms with Crippen LogP contribution in [0.5, 0.6) is 11.5 Å². The zero-order chi connectivity index (χ0) is 15.4. The van der Waals surface area contributed by atoms with Crippen LogP contribution in [0.15, 0.2) is 22.7 Å². The summed E-state index contributed by atoms with van der Waals surface area (Å²) in [4.78, 5) is 12.2. The summed E-state index contributed by atoms with van der Waals surface area (Å²) >= 11 is 0. The van der Waals surface area contributed by atoms with Gasteiger partial charge in [0.05, 0.1) is 32.0 Å². The Labute approximate surface area is 122 Å². The summed E-state index contributed by atoms with van der Waals surface area (Å²) in [7, 11) is 2.98. The fourth-order valence-corrected chi connectivity index (χ4v) is 1.84. The highest BCUT2D eigenvalue weighted by atomic mass is 16.5. The van der Waals surface area contributed by atoms with Crippen molar-refractivity contribution in [3.8, 4) is 11.5 Å². The van der Waals surface area contributed by atoms with Gasteiger partial charge in [-0.3, -0.25) is 4.79 Å². The zero-order valence-corrected chi connectivity index (χ0v) is 12.1. The molecule has 0 aliphatic rings. The number of ether oxygens (including phenoxy) is 2. The SMILES string of the molecule is COc1cc(OC)c(N)c(C(=O)NCc2cc(C)on2)c1. The molecule has 0 radical (unpaired) electrons. The number of carbonyl (C=O) groups is 1. The quantitative estimate of drug-likeness (QED) is 0.810. The summed E-state index contributed by atoms with van der Waals surface area (Å²) in [5.41, 5.74) is 7.09. The number of nitrogens with one attached hydrogen (secondary N) is 1. The van der Waals surface area contributed by atoms with Gasteiger partial charge in [-0.2, -0.15) is 0 Å². The van der Waals surface area contributed by atoms with Crippen molar-refractivity contribution >= 4 is 11.6 Å². The average molecular weight is 291 g/mol. The van der Waals surface area contributed by atoms with E-state index in [-0.39, 0.29) is 23.7 Å². The molecule has 21 heavy (non-hydrogen) atoms. The van der Waals surface area contributed by atoms with E-state index in [2.05, 4.69) is 10.5 Å². The molecule has 1 aromatic heterocycles. The van der Waals surface area contributed by atoms with Gasteiger partial charge in [-0.05, 0) is 13.0 Å². The monoisotopic (exact) mass is 291 g/mol. The van der Waals surface area contributed by atoms with Crippen LogP contribution in [0, 0.1) is 6.92 Å². The topological polar surface area (TPSA) is 99.6 Å². The molecule has 0 saturated carbocycles. The third kappa shape index (κ3) is 3.25. The van der Waals surface area contributed by atoms with Gasteiger partial charge in [0.1, 0.15) is 23.0 Å². The molecule has 0 atom stereocenters. The minimum absolute atomic E-state index is 0.245. The van der Waals surface area contributed by atoms with Crippen molar-refractivity contribution in [1.29, 1.82) is 0 Å². The maximum absolute atomic E-state index is 12.2. The molecule has 1 heterocycles. The number of anilines is 1. The molecule has 1 aromatic carbocycles. The Morgan fingerprint density at radius 3 is 2.67 bits per heavy atom. The van der Waals surface area contributed by atoms with Crippen molar-refractivity contribution < 1.29 is 18.8 Å². The van der Waals surface area contributed by atoms with Gasteiger partial charge in [-0.25, -0.2) is 0 Å². The van der Waals surface area contributed by atoms with Crippen LogP contribution in [0.2, 0.25) is 0 Å². The number of carbonyl (C=O) groups excluding carboxylic acids is 1. The van der Waals surface area contributed by atoms with Crippen LogP contribution >= 0.6 is 0 Å². The predicted molar refractivity (Wildman–Crippen MR) is 76.4 cm³/mol. The number of nitrogens with two attached hydrogens (primary N) is 1. The number of benzene rings is 1. The van der Waals surface area contributed by atoms with E-state index in [9.17, 15) is 4.79 Å². The van der Waals surface area contributed by atoms with E-state index >= 15 is 0 Å². The molecule has 7 nitrogen and oxygen atoms in total. The van der Waals surface area contributed by atoms with E-state index in [0.29, 0.717) is 23.0 Å². The molecule has 7 heteroatoms. The van der Waals surface area contributed by atoms with Crippen molar-refractivity contribution in [3.63, 3.8) is 0 Å². The van der Waals surface area contributed by atoms with E-state index in [4.69, 9.17) is 19.7 Å². The summed E-state index contributed by atoms with van der Waals surface area (Å²) in [5, 5.41) is 6.52. The number of nitrogen functional groups attached to an aromatic ring is 1. The normalized spacial score (nSPS) is 10.2. The summed E-state index contributed by atoms with van der Waals surface area (Å²) in [6.07, 6.45) is 0. The number of hydrogen-bond donors (Lipinski definition) is 2. The number of nitrogens with zero attached hydrogens (tertiary/aromatic N) is 1. The van der Waals surface area contributed by atoms with E-state index in [1.54, 1.807) is 25.1 Å². The average Bonchev–Trinajstić information content (AvgIpc) is 2.90. The van der Waals surface area contributed by atoms with Crippen LogP contribution in [-0.2, 0) is 6.54 Å². The predicted octanol–water partition coefficient (Wildman–Crippen LogP) is 1.51. The van der Waals surface area contributed by atoms with Gasteiger partial charge in [-0.1, -0.05) is 5.16 Å². The first kappa shape index (κ1) is 14.7. The summed E-state index contributed by atoms with van der Waals surface area (Å²) in [6, 6.07) is 4.92. The number of hydrogen-bond acceptors (Lipinski definition) is 6. The van der Waals surface area contributed by atoms with Gasteiger partial charge >= 0.3 is 0 Å². The largest absolute Gasteiger partial charge is 0.497 e. The van der Waals surface area contributed by atoms with Gasteiger partial charge < -0.3 is 25.0 Å². The van der Waals surface area contributed by atoms with Crippen LogP contribution < -0.4 is 20.5 Å².